The molecular formula is C29H35N3O5. The Balaban J connectivity index is 1.19. The number of nitrogens with zero attached hydrogens (tertiary/aromatic N) is 2. The van der Waals surface area contributed by atoms with Crippen molar-refractivity contribution in [2.45, 2.75) is 45.3 Å². The van der Waals surface area contributed by atoms with Crippen molar-refractivity contribution in [3.8, 4) is 17.2 Å². The molecule has 0 amide bonds. The smallest absolute Gasteiger partial charge is 0.251 e. The molecule has 0 unspecified atom stereocenters. The summed E-state index contributed by atoms with van der Waals surface area (Å²) in [7, 11) is 1.58. The second-order valence-corrected chi connectivity index (χ2v) is 9.68. The number of piperidine rings is 1. The van der Waals surface area contributed by atoms with Crippen LogP contribution in [0.5, 0.6) is 17.2 Å². The Hall–Kier alpha value is -3.36. The highest BCUT2D eigenvalue weighted by Crippen LogP contribution is 2.31. The Morgan fingerprint density at radius 1 is 1.03 bits per heavy atom. The zero-order valence-corrected chi connectivity index (χ0v) is 21.6. The van der Waals surface area contributed by atoms with Crippen molar-refractivity contribution >= 4 is 16.7 Å². The molecule has 37 heavy (non-hydrogen) atoms. The second-order valence-electron chi connectivity index (χ2n) is 9.68. The Kier molecular flexibility index (Phi) is 7.76. The lowest BCUT2D eigenvalue weighted by Gasteiger charge is -2.32. The number of benzene rings is 2. The highest BCUT2D eigenvalue weighted by atomic mass is 16.6. The van der Waals surface area contributed by atoms with Gasteiger partial charge in [0.25, 0.3) is 5.56 Å². The average molecular weight is 506 g/mol. The average Bonchev–Trinajstić information content (AvgIpc) is 2.94. The Labute approximate surface area is 217 Å². The van der Waals surface area contributed by atoms with Crippen LogP contribution in [0.3, 0.4) is 0 Å². The van der Waals surface area contributed by atoms with Crippen molar-refractivity contribution in [3.05, 3.63) is 63.9 Å². The number of fused-ring (bicyclic) bond motifs is 2. The summed E-state index contributed by atoms with van der Waals surface area (Å²) < 4.78 is 18.5. The number of ketones is 1. The molecule has 0 radical (unpaired) electrons. The number of carbonyl (C=O) groups excluding carboxylic acids is 1. The summed E-state index contributed by atoms with van der Waals surface area (Å²) in [5.74, 6) is 2.28. The highest BCUT2D eigenvalue weighted by Gasteiger charge is 2.20. The van der Waals surface area contributed by atoms with Crippen LogP contribution in [0.4, 0.5) is 0 Å². The van der Waals surface area contributed by atoms with Crippen molar-refractivity contribution in [1.29, 1.82) is 0 Å². The van der Waals surface area contributed by atoms with Gasteiger partial charge in [-0.05, 0) is 55.8 Å². The standard InChI is InChI=1S/C29H35N3O5/c1-3-26(33)24-17-22(35-2)18-25-23(24)5-7-29(34)32(25)13-12-31-10-8-21(9-11-31)30-19-20-4-6-27-28(16-20)37-15-14-36-27/h4-7,16-18,21,30H,3,8-15,19H2,1-2H3. The highest BCUT2D eigenvalue weighted by molar-refractivity contribution is 6.07. The topological polar surface area (TPSA) is 82.0 Å². The number of pyridine rings is 1. The predicted molar refractivity (Wildman–Crippen MR) is 143 cm³/mol. The van der Waals surface area contributed by atoms with Gasteiger partial charge >= 0.3 is 0 Å². The first-order valence-corrected chi connectivity index (χ1v) is 13.1. The Morgan fingerprint density at radius 2 is 1.81 bits per heavy atom. The van der Waals surface area contributed by atoms with Gasteiger partial charge in [-0.1, -0.05) is 13.0 Å². The number of ether oxygens (including phenoxy) is 3. The molecule has 1 saturated heterocycles. The van der Waals surface area contributed by atoms with E-state index in [1.165, 1.54) is 5.56 Å². The van der Waals surface area contributed by atoms with Crippen LogP contribution in [0.2, 0.25) is 0 Å². The van der Waals surface area contributed by atoms with Gasteiger partial charge < -0.3 is 29.0 Å². The zero-order chi connectivity index (χ0) is 25.8. The van der Waals surface area contributed by atoms with E-state index in [-0.39, 0.29) is 11.3 Å². The molecule has 1 fully saturated rings. The van der Waals surface area contributed by atoms with Crippen molar-refractivity contribution in [1.82, 2.24) is 14.8 Å². The van der Waals surface area contributed by atoms with Gasteiger partial charge in [-0.2, -0.15) is 0 Å². The van der Waals surface area contributed by atoms with E-state index in [0.29, 0.717) is 43.5 Å². The lowest BCUT2D eigenvalue weighted by Crippen LogP contribution is -2.43. The van der Waals surface area contributed by atoms with Gasteiger partial charge in [0.2, 0.25) is 0 Å². The SMILES string of the molecule is CCC(=O)c1cc(OC)cc2c1ccc(=O)n2CCN1CCC(NCc2ccc3c(c2)OCCO3)CC1. The summed E-state index contributed by atoms with van der Waals surface area (Å²) in [5, 5.41) is 4.48. The molecule has 2 aliphatic heterocycles. The summed E-state index contributed by atoms with van der Waals surface area (Å²) in [4.78, 5) is 27.8. The molecule has 2 aliphatic rings. The zero-order valence-electron chi connectivity index (χ0n) is 21.6. The van der Waals surface area contributed by atoms with Gasteiger partial charge in [-0.15, -0.1) is 0 Å². The van der Waals surface area contributed by atoms with Crippen molar-refractivity contribution < 1.29 is 19.0 Å². The van der Waals surface area contributed by atoms with E-state index in [0.717, 1.165) is 61.4 Å². The first kappa shape index (κ1) is 25.3. The minimum atomic E-state index is -0.0633. The Morgan fingerprint density at radius 3 is 2.57 bits per heavy atom. The lowest BCUT2D eigenvalue weighted by atomic mass is 10.0. The fraction of sp³-hybridized carbons (Fsp3) is 0.448. The van der Waals surface area contributed by atoms with E-state index in [1.807, 2.05) is 19.1 Å². The van der Waals surface area contributed by atoms with E-state index in [2.05, 4.69) is 22.3 Å². The summed E-state index contributed by atoms with van der Waals surface area (Å²) in [6.07, 6.45) is 2.51. The fourth-order valence-corrected chi connectivity index (χ4v) is 5.21. The molecular weight excluding hydrogens is 470 g/mol. The van der Waals surface area contributed by atoms with Crippen LogP contribution in [0.15, 0.2) is 47.3 Å². The van der Waals surface area contributed by atoms with Crippen molar-refractivity contribution in [3.63, 3.8) is 0 Å². The minimum Gasteiger partial charge on any atom is -0.497 e. The lowest BCUT2D eigenvalue weighted by molar-refractivity contribution is 0.0989. The van der Waals surface area contributed by atoms with Crippen LogP contribution < -0.4 is 25.1 Å². The molecule has 0 bridgehead atoms. The maximum absolute atomic E-state index is 12.8. The van der Waals surface area contributed by atoms with Crippen LogP contribution in [-0.2, 0) is 13.1 Å². The third kappa shape index (κ3) is 5.65. The predicted octanol–water partition coefficient (Wildman–Crippen LogP) is 3.63. The molecule has 0 saturated carbocycles. The number of rotatable bonds is 9. The van der Waals surface area contributed by atoms with Gasteiger partial charge in [0.15, 0.2) is 17.3 Å². The molecule has 5 rings (SSSR count). The molecule has 0 aliphatic carbocycles. The van der Waals surface area contributed by atoms with Gasteiger partial charge in [-0.3, -0.25) is 9.59 Å². The van der Waals surface area contributed by atoms with Crippen molar-refractivity contribution in [2.75, 3.05) is 40.0 Å². The fourth-order valence-electron chi connectivity index (χ4n) is 5.21. The van der Waals surface area contributed by atoms with E-state index < -0.39 is 0 Å². The number of carbonyl (C=O) groups is 1. The van der Waals surface area contributed by atoms with Crippen LogP contribution in [-0.4, -0.2) is 61.2 Å². The van der Waals surface area contributed by atoms with Crippen LogP contribution in [0.25, 0.3) is 10.9 Å². The molecule has 8 heteroatoms. The minimum absolute atomic E-state index is 0.0416. The normalized spacial score (nSPS) is 16.2. The molecule has 196 valence electrons. The van der Waals surface area contributed by atoms with E-state index in [9.17, 15) is 9.59 Å². The molecule has 0 atom stereocenters. The maximum Gasteiger partial charge on any atom is 0.251 e. The number of nitrogens with one attached hydrogen (secondary N) is 1. The Bertz CT molecular complexity index is 1330. The van der Waals surface area contributed by atoms with Gasteiger partial charge in [0.05, 0.1) is 12.6 Å². The van der Waals surface area contributed by atoms with E-state index >= 15 is 0 Å². The number of hydrogen-bond donors (Lipinski definition) is 1. The van der Waals surface area contributed by atoms with Gasteiger partial charge in [-0.25, -0.2) is 0 Å². The molecule has 1 aromatic heterocycles. The summed E-state index contributed by atoms with van der Waals surface area (Å²) in [6.45, 7) is 7.14. The number of likely N-dealkylation sites (tertiary alicyclic amines) is 1. The van der Waals surface area contributed by atoms with E-state index in [1.54, 1.807) is 29.9 Å². The van der Waals surface area contributed by atoms with Crippen LogP contribution >= 0.6 is 0 Å². The number of aromatic nitrogens is 1. The van der Waals surface area contributed by atoms with Gasteiger partial charge in [0, 0.05) is 55.2 Å². The second kappa shape index (κ2) is 11.4. The molecule has 3 aromatic rings. The molecule has 3 heterocycles. The van der Waals surface area contributed by atoms with Crippen LogP contribution in [0, 0.1) is 0 Å². The van der Waals surface area contributed by atoms with Crippen molar-refractivity contribution in [2.24, 2.45) is 0 Å². The molecule has 0 spiro atoms. The number of hydrogen-bond acceptors (Lipinski definition) is 7. The van der Waals surface area contributed by atoms with E-state index in [4.69, 9.17) is 14.2 Å². The number of Topliss-reactive ketones (excluding diaryl/α,β-unsaturated/α-hetero) is 1. The quantitative estimate of drug-likeness (QED) is 0.445. The molecule has 1 N–H and O–H groups in total. The summed E-state index contributed by atoms with van der Waals surface area (Å²) in [5.41, 5.74) is 2.49. The van der Waals surface area contributed by atoms with Crippen LogP contribution in [0.1, 0.15) is 42.1 Å². The largest absolute Gasteiger partial charge is 0.497 e. The summed E-state index contributed by atoms with van der Waals surface area (Å²) >= 11 is 0. The third-order valence-electron chi connectivity index (χ3n) is 7.37. The molecule has 8 nitrogen and oxygen atoms in total. The first-order valence-electron chi connectivity index (χ1n) is 13.1. The first-order chi connectivity index (χ1) is 18.1. The maximum atomic E-state index is 12.8. The third-order valence-corrected chi connectivity index (χ3v) is 7.37. The molecule has 2 aromatic carbocycles. The number of methoxy groups -OCH3 is 1. The monoisotopic (exact) mass is 505 g/mol. The van der Waals surface area contributed by atoms with Gasteiger partial charge in [0.1, 0.15) is 19.0 Å². The summed E-state index contributed by atoms with van der Waals surface area (Å²) in [6, 6.07) is 13.5.